The van der Waals surface area contributed by atoms with Gasteiger partial charge in [-0.2, -0.15) is 5.26 Å². The maximum Gasteiger partial charge on any atom is 0.133 e. The molecule has 0 atom stereocenters. The van der Waals surface area contributed by atoms with Crippen LogP contribution in [0.2, 0.25) is 0 Å². The van der Waals surface area contributed by atoms with Crippen molar-refractivity contribution in [2.45, 2.75) is 43.6 Å². The lowest BCUT2D eigenvalue weighted by atomic mass is 9.89. The van der Waals surface area contributed by atoms with Crippen molar-refractivity contribution in [2.24, 2.45) is 0 Å². The van der Waals surface area contributed by atoms with Gasteiger partial charge < -0.3 is 9.64 Å². The van der Waals surface area contributed by atoms with Crippen LogP contribution in [0.3, 0.4) is 0 Å². The van der Waals surface area contributed by atoms with Gasteiger partial charge in [-0.05, 0) is 49.7 Å². The minimum Gasteiger partial charge on any atom is -0.384 e. The smallest absolute Gasteiger partial charge is 0.133 e. The summed E-state index contributed by atoms with van der Waals surface area (Å²) in [4.78, 5) is 7.34. The fourth-order valence-corrected chi connectivity index (χ4v) is 4.32. The molecule has 2 heterocycles. The summed E-state index contributed by atoms with van der Waals surface area (Å²) >= 11 is 1.66. The minimum atomic E-state index is 0.688. The summed E-state index contributed by atoms with van der Waals surface area (Å²) in [6.07, 6.45) is 7.01. The van der Waals surface area contributed by atoms with E-state index in [0.29, 0.717) is 6.61 Å². The molecule has 0 spiro atoms. The predicted octanol–water partition coefficient (Wildman–Crippen LogP) is 3.17. The molecule has 0 bridgehead atoms. The van der Waals surface area contributed by atoms with E-state index in [1.165, 1.54) is 36.8 Å². The van der Waals surface area contributed by atoms with Gasteiger partial charge in [0.1, 0.15) is 16.9 Å². The molecule has 0 amide bonds. The molecule has 22 heavy (non-hydrogen) atoms. The van der Waals surface area contributed by atoms with Crippen LogP contribution in [0.1, 0.15) is 42.4 Å². The van der Waals surface area contributed by atoms with Crippen molar-refractivity contribution in [1.82, 2.24) is 4.98 Å². The SMILES string of the molecule is COCCSc1nc(N2CCCC2)c2c(c1C#N)CCCC2. The van der Waals surface area contributed by atoms with Gasteiger partial charge in [-0.1, -0.05) is 0 Å². The highest BCUT2D eigenvalue weighted by Crippen LogP contribution is 2.37. The Hall–Kier alpha value is -1.25. The van der Waals surface area contributed by atoms with E-state index < -0.39 is 0 Å². The van der Waals surface area contributed by atoms with Crippen LogP contribution < -0.4 is 4.90 Å². The number of thioether (sulfide) groups is 1. The van der Waals surface area contributed by atoms with Gasteiger partial charge in [0, 0.05) is 26.0 Å². The van der Waals surface area contributed by atoms with E-state index in [1.807, 2.05) is 0 Å². The van der Waals surface area contributed by atoms with Crippen LogP contribution in [0, 0.1) is 11.3 Å². The standard InChI is InChI=1S/C17H23N3OS/c1-21-10-11-22-17-15(12-18)13-6-2-3-7-14(13)16(19-17)20-8-4-5-9-20/h2-11H2,1H3. The van der Waals surface area contributed by atoms with Crippen LogP contribution in [0.5, 0.6) is 0 Å². The lowest BCUT2D eigenvalue weighted by Crippen LogP contribution is -2.23. The Kier molecular flexibility index (Phi) is 5.22. The fraction of sp³-hybridized carbons (Fsp3) is 0.647. The Morgan fingerprint density at radius 1 is 1.18 bits per heavy atom. The number of pyridine rings is 1. The number of hydrogen-bond donors (Lipinski definition) is 0. The molecule has 1 aliphatic heterocycles. The lowest BCUT2D eigenvalue weighted by molar-refractivity contribution is 0.218. The number of fused-ring (bicyclic) bond motifs is 1. The third-order valence-electron chi connectivity index (χ3n) is 4.50. The Bertz CT molecular complexity index is 576. The van der Waals surface area contributed by atoms with Gasteiger partial charge in [0.15, 0.2) is 0 Å². The molecule has 0 radical (unpaired) electrons. The second kappa shape index (κ2) is 7.34. The van der Waals surface area contributed by atoms with Crippen LogP contribution in [0.4, 0.5) is 5.82 Å². The first-order chi connectivity index (χ1) is 10.8. The molecule has 0 N–H and O–H groups in total. The highest BCUT2D eigenvalue weighted by molar-refractivity contribution is 7.99. The van der Waals surface area contributed by atoms with Gasteiger partial charge in [0.05, 0.1) is 12.2 Å². The Morgan fingerprint density at radius 3 is 2.59 bits per heavy atom. The highest BCUT2D eigenvalue weighted by atomic mass is 32.2. The van der Waals surface area contributed by atoms with Gasteiger partial charge >= 0.3 is 0 Å². The molecule has 3 rings (SSSR count). The molecule has 0 aromatic carbocycles. The highest BCUT2D eigenvalue weighted by Gasteiger charge is 2.26. The molecular formula is C17H23N3OS. The van der Waals surface area contributed by atoms with Gasteiger partial charge in [-0.25, -0.2) is 4.98 Å². The summed E-state index contributed by atoms with van der Waals surface area (Å²) in [6, 6.07) is 2.43. The fourth-order valence-electron chi connectivity index (χ4n) is 3.41. The van der Waals surface area contributed by atoms with E-state index in [0.717, 1.165) is 48.1 Å². The van der Waals surface area contributed by atoms with Gasteiger partial charge in [0.2, 0.25) is 0 Å². The number of nitrogens with zero attached hydrogens (tertiary/aromatic N) is 3. The van der Waals surface area contributed by atoms with E-state index in [9.17, 15) is 5.26 Å². The van der Waals surface area contributed by atoms with Crippen LogP contribution in [-0.2, 0) is 17.6 Å². The largest absolute Gasteiger partial charge is 0.384 e. The molecule has 118 valence electrons. The Balaban J connectivity index is 2.01. The van der Waals surface area contributed by atoms with Crippen molar-refractivity contribution < 1.29 is 4.74 Å². The normalized spacial score (nSPS) is 17.4. The summed E-state index contributed by atoms with van der Waals surface area (Å²) in [6.45, 7) is 2.90. The van der Waals surface area contributed by atoms with Crippen molar-refractivity contribution in [3.05, 3.63) is 16.7 Å². The maximum atomic E-state index is 9.64. The second-order valence-corrected chi connectivity index (χ2v) is 7.01. The molecule has 0 unspecified atom stereocenters. The quantitative estimate of drug-likeness (QED) is 0.617. The summed E-state index contributed by atoms with van der Waals surface area (Å²) in [5, 5.41) is 10.5. The first-order valence-corrected chi connectivity index (χ1v) is 9.16. The van der Waals surface area contributed by atoms with Crippen LogP contribution in [0.15, 0.2) is 5.03 Å². The average Bonchev–Trinajstić information content (AvgIpc) is 3.08. The number of methoxy groups -OCH3 is 1. The zero-order chi connectivity index (χ0) is 15.4. The molecule has 5 heteroatoms. The average molecular weight is 317 g/mol. The summed E-state index contributed by atoms with van der Waals surface area (Å²) < 4.78 is 5.14. The van der Waals surface area contributed by atoms with Crippen molar-refractivity contribution in [3.8, 4) is 6.07 Å². The van der Waals surface area contributed by atoms with Crippen LogP contribution in [0.25, 0.3) is 0 Å². The monoisotopic (exact) mass is 317 g/mol. The van der Waals surface area contributed by atoms with Crippen molar-refractivity contribution >= 4 is 17.6 Å². The van der Waals surface area contributed by atoms with Crippen molar-refractivity contribution in [3.63, 3.8) is 0 Å². The van der Waals surface area contributed by atoms with Crippen molar-refractivity contribution in [2.75, 3.05) is 37.5 Å². The van der Waals surface area contributed by atoms with Gasteiger partial charge in [-0.15, -0.1) is 11.8 Å². The minimum absolute atomic E-state index is 0.688. The molecule has 1 aliphatic carbocycles. The molecule has 1 saturated heterocycles. The third kappa shape index (κ3) is 3.09. The Morgan fingerprint density at radius 2 is 1.91 bits per heavy atom. The number of rotatable bonds is 5. The van der Waals surface area contributed by atoms with E-state index in [-0.39, 0.29) is 0 Å². The molecule has 0 saturated carbocycles. The van der Waals surface area contributed by atoms with E-state index in [2.05, 4.69) is 11.0 Å². The van der Waals surface area contributed by atoms with E-state index in [4.69, 9.17) is 9.72 Å². The van der Waals surface area contributed by atoms with Crippen molar-refractivity contribution in [1.29, 1.82) is 5.26 Å². The molecule has 1 aromatic heterocycles. The van der Waals surface area contributed by atoms with Gasteiger partial charge in [0.25, 0.3) is 0 Å². The molecular weight excluding hydrogens is 294 g/mol. The zero-order valence-electron chi connectivity index (χ0n) is 13.2. The van der Waals surface area contributed by atoms with E-state index >= 15 is 0 Å². The lowest BCUT2D eigenvalue weighted by Gasteiger charge is -2.27. The first kappa shape index (κ1) is 15.6. The molecule has 1 aromatic rings. The van der Waals surface area contributed by atoms with Gasteiger partial charge in [-0.3, -0.25) is 0 Å². The molecule has 2 aliphatic rings. The second-order valence-electron chi connectivity index (χ2n) is 5.93. The molecule has 1 fully saturated rings. The number of nitriles is 1. The molecule has 4 nitrogen and oxygen atoms in total. The van der Waals surface area contributed by atoms with E-state index in [1.54, 1.807) is 18.9 Å². The number of anilines is 1. The predicted molar refractivity (Wildman–Crippen MR) is 89.6 cm³/mol. The third-order valence-corrected chi connectivity index (χ3v) is 5.44. The summed E-state index contributed by atoms with van der Waals surface area (Å²) in [5.41, 5.74) is 3.44. The maximum absolute atomic E-state index is 9.64. The summed E-state index contributed by atoms with van der Waals surface area (Å²) in [7, 11) is 1.71. The number of ether oxygens (including phenoxy) is 1. The topological polar surface area (TPSA) is 49.1 Å². The Labute approximate surface area is 136 Å². The van der Waals surface area contributed by atoms with Crippen LogP contribution >= 0.6 is 11.8 Å². The van der Waals surface area contributed by atoms with Crippen LogP contribution in [-0.4, -0.2) is 37.5 Å². The first-order valence-electron chi connectivity index (χ1n) is 8.17. The summed E-state index contributed by atoms with van der Waals surface area (Å²) in [5.74, 6) is 2.00. The number of aromatic nitrogens is 1. The zero-order valence-corrected chi connectivity index (χ0v) is 14.0. The number of hydrogen-bond acceptors (Lipinski definition) is 5.